The number of anilines is 1. The molecule has 0 aromatic heterocycles. The molecular weight excluding hydrogens is 452 g/mol. The molecule has 1 heterocycles. The fourth-order valence-electron chi connectivity index (χ4n) is 5.28. The summed E-state index contributed by atoms with van der Waals surface area (Å²) in [5, 5.41) is 10.7. The number of benzene rings is 3. The largest absolute Gasteiger partial charge is 0.388 e. The van der Waals surface area contributed by atoms with Crippen molar-refractivity contribution in [2.75, 3.05) is 38.6 Å². The second kappa shape index (κ2) is 12.1. The molecule has 0 bridgehead atoms. The highest BCUT2D eigenvalue weighted by Crippen LogP contribution is 2.34. The summed E-state index contributed by atoms with van der Waals surface area (Å²) in [6.07, 6.45) is 3.61. The molecule has 1 saturated heterocycles. The van der Waals surface area contributed by atoms with Crippen LogP contribution in [0.15, 0.2) is 84.4 Å². The van der Waals surface area contributed by atoms with Crippen molar-refractivity contribution in [3.05, 3.63) is 107 Å². The van der Waals surface area contributed by atoms with Gasteiger partial charge in [-0.2, -0.15) is 0 Å². The van der Waals surface area contributed by atoms with Gasteiger partial charge in [0.15, 0.2) is 0 Å². The molecule has 3 nitrogen and oxygen atoms in total. The Hall–Kier alpha value is -2.88. The Kier molecular flexibility index (Phi) is 8.89. The van der Waals surface area contributed by atoms with Crippen LogP contribution >= 0.6 is 0 Å². The normalized spacial score (nSPS) is 15.5. The summed E-state index contributed by atoms with van der Waals surface area (Å²) in [6.45, 7) is 10.0. The number of aliphatic hydroxyl groups is 1. The quantitative estimate of drug-likeness (QED) is 0.351. The highest BCUT2D eigenvalue weighted by molar-refractivity contribution is 5.82. The van der Waals surface area contributed by atoms with Crippen LogP contribution in [0.2, 0.25) is 0 Å². The van der Waals surface area contributed by atoms with Crippen LogP contribution in [0.3, 0.4) is 0 Å². The molecule has 1 atom stereocenters. The molecule has 4 rings (SSSR count). The molecule has 1 aliphatic heterocycles. The molecule has 1 aliphatic rings. The summed E-state index contributed by atoms with van der Waals surface area (Å²) in [7, 11) is 4.08. The van der Waals surface area contributed by atoms with E-state index in [-0.39, 0.29) is 5.41 Å². The van der Waals surface area contributed by atoms with E-state index in [2.05, 4.69) is 109 Å². The number of likely N-dealkylation sites (tertiary alicyclic amines) is 1. The zero-order chi connectivity index (χ0) is 26.4. The Morgan fingerprint density at radius 1 is 0.838 bits per heavy atom. The molecule has 0 amide bonds. The summed E-state index contributed by atoms with van der Waals surface area (Å²) < 4.78 is 0. The predicted molar refractivity (Wildman–Crippen MR) is 158 cm³/mol. The van der Waals surface area contributed by atoms with E-state index < -0.39 is 6.10 Å². The van der Waals surface area contributed by atoms with Gasteiger partial charge in [0.2, 0.25) is 0 Å². The Morgan fingerprint density at radius 3 is 2.00 bits per heavy atom. The van der Waals surface area contributed by atoms with E-state index in [4.69, 9.17) is 0 Å². The van der Waals surface area contributed by atoms with Gasteiger partial charge in [-0.25, -0.2) is 0 Å². The summed E-state index contributed by atoms with van der Waals surface area (Å²) in [5.41, 5.74) is 9.33. The highest BCUT2D eigenvalue weighted by Gasteiger charge is 2.20. The molecule has 3 heteroatoms. The molecule has 1 N–H and O–H groups in total. The molecule has 3 aromatic rings. The molecule has 196 valence electrons. The van der Waals surface area contributed by atoms with E-state index in [1.807, 2.05) is 14.1 Å². The molecule has 37 heavy (non-hydrogen) atoms. The lowest BCUT2D eigenvalue weighted by Crippen LogP contribution is -2.32. The Balaban J connectivity index is 1.38. The van der Waals surface area contributed by atoms with Crippen LogP contribution in [-0.4, -0.2) is 43.7 Å². The summed E-state index contributed by atoms with van der Waals surface area (Å²) in [4.78, 5) is 4.65. The summed E-state index contributed by atoms with van der Waals surface area (Å²) in [5.74, 6) is 0. The standard InChI is InChI=1S/C34H44N2O/c1-34(2,3)30-17-13-28(14-18-30)33(27-10-7-6-8-11-27)29-21-24-36(25-22-29)23-9-12-32(37)26-15-19-31(20-16-26)35(4)5/h6-8,10-11,13-20,32,37H,9,12,21-25H2,1-5H3. The third-order valence-electron chi connectivity index (χ3n) is 7.66. The zero-order valence-electron chi connectivity index (χ0n) is 23.4. The van der Waals surface area contributed by atoms with E-state index in [0.29, 0.717) is 0 Å². The molecule has 0 radical (unpaired) electrons. The number of rotatable bonds is 8. The first kappa shape index (κ1) is 27.2. The number of aliphatic hydroxyl groups excluding tert-OH is 1. The lowest BCUT2D eigenvalue weighted by molar-refractivity contribution is 0.153. The van der Waals surface area contributed by atoms with E-state index in [0.717, 1.165) is 56.6 Å². The maximum atomic E-state index is 10.7. The molecule has 3 aromatic carbocycles. The third-order valence-corrected chi connectivity index (χ3v) is 7.66. The molecule has 0 aliphatic carbocycles. The zero-order valence-corrected chi connectivity index (χ0v) is 23.4. The highest BCUT2D eigenvalue weighted by atomic mass is 16.3. The summed E-state index contributed by atoms with van der Waals surface area (Å²) in [6, 6.07) is 28.4. The van der Waals surface area contributed by atoms with Crippen LogP contribution in [0.4, 0.5) is 5.69 Å². The average Bonchev–Trinajstić information content (AvgIpc) is 2.90. The van der Waals surface area contributed by atoms with Gasteiger partial charge in [0.1, 0.15) is 0 Å². The maximum Gasteiger partial charge on any atom is 0.0790 e. The number of nitrogens with zero attached hydrogens (tertiary/aromatic N) is 2. The molecule has 0 saturated carbocycles. The van der Waals surface area contributed by atoms with Gasteiger partial charge in [-0.15, -0.1) is 0 Å². The second-order valence-electron chi connectivity index (χ2n) is 11.7. The van der Waals surface area contributed by atoms with Crippen LogP contribution in [0, 0.1) is 0 Å². The molecule has 0 spiro atoms. The fourth-order valence-corrected chi connectivity index (χ4v) is 5.28. The monoisotopic (exact) mass is 496 g/mol. The second-order valence-corrected chi connectivity index (χ2v) is 11.7. The Labute approximate surface area is 224 Å². The molecular formula is C34H44N2O. The lowest BCUT2D eigenvalue weighted by Gasteiger charge is -2.30. The number of hydrogen-bond donors (Lipinski definition) is 1. The number of piperidine rings is 1. The Morgan fingerprint density at radius 2 is 1.43 bits per heavy atom. The maximum absolute atomic E-state index is 10.7. The minimum atomic E-state index is -0.391. The SMILES string of the molecule is CN(C)c1ccc(C(O)CCCN2CCC(=C(c3ccccc3)c3ccc(C(C)(C)C)cc3)CC2)cc1. The van der Waals surface area contributed by atoms with E-state index in [9.17, 15) is 5.11 Å². The average molecular weight is 497 g/mol. The number of hydrogen-bond acceptors (Lipinski definition) is 3. The van der Waals surface area contributed by atoms with Gasteiger partial charge in [-0.1, -0.05) is 93.1 Å². The lowest BCUT2D eigenvalue weighted by atomic mass is 9.84. The van der Waals surface area contributed by atoms with Crippen LogP contribution in [0.1, 0.15) is 74.8 Å². The van der Waals surface area contributed by atoms with E-state index in [1.165, 1.54) is 22.3 Å². The first-order valence-electron chi connectivity index (χ1n) is 13.8. The first-order valence-corrected chi connectivity index (χ1v) is 13.8. The van der Waals surface area contributed by atoms with Gasteiger partial charge >= 0.3 is 0 Å². The summed E-state index contributed by atoms with van der Waals surface area (Å²) >= 11 is 0. The van der Waals surface area contributed by atoms with Gasteiger partial charge in [0.05, 0.1) is 6.10 Å². The fraction of sp³-hybridized carbons (Fsp3) is 0.412. The van der Waals surface area contributed by atoms with Gasteiger partial charge in [-0.05, 0) is 77.6 Å². The minimum Gasteiger partial charge on any atom is -0.388 e. The molecule has 1 fully saturated rings. The van der Waals surface area contributed by atoms with Crippen molar-refractivity contribution in [2.24, 2.45) is 0 Å². The van der Waals surface area contributed by atoms with Crippen molar-refractivity contribution in [3.63, 3.8) is 0 Å². The van der Waals surface area contributed by atoms with Crippen molar-refractivity contribution < 1.29 is 5.11 Å². The van der Waals surface area contributed by atoms with Crippen molar-refractivity contribution >= 4 is 11.3 Å². The Bertz CT molecular complexity index is 1150. The van der Waals surface area contributed by atoms with Crippen molar-refractivity contribution in [1.29, 1.82) is 0 Å². The van der Waals surface area contributed by atoms with Gasteiger partial charge < -0.3 is 14.9 Å². The third kappa shape index (κ3) is 7.12. The molecule has 1 unspecified atom stereocenters. The van der Waals surface area contributed by atoms with Crippen LogP contribution in [0.5, 0.6) is 0 Å². The van der Waals surface area contributed by atoms with E-state index in [1.54, 1.807) is 5.57 Å². The van der Waals surface area contributed by atoms with E-state index >= 15 is 0 Å². The minimum absolute atomic E-state index is 0.160. The van der Waals surface area contributed by atoms with Gasteiger partial charge in [-0.3, -0.25) is 0 Å². The van der Waals surface area contributed by atoms with Gasteiger partial charge in [0.25, 0.3) is 0 Å². The van der Waals surface area contributed by atoms with Crippen LogP contribution in [-0.2, 0) is 5.41 Å². The van der Waals surface area contributed by atoms with Crippen molar-refractivity contribution in [2.45, 2.75) is 58.0 Å². The van der Waals surface area contributed by atoms with Crippen molar-refractivity contribution in [3.8, 4) is 0 Å². The first-order chi connectivity index (χ1) is 17.7. The van der Waals surface area contributed by atoms with Crippen LogP contribution < -0.4 is 4.90 Å². The van der Waals surface area contributed by atoms with Crippen molar-refractivity contribution in [1.82, 2.24) is 4.90 Å². The smallest absolute Gasteiger partial charge is 0.0790 e. The van der Waals surface area contributed by atoms with Gasteiger partial charge in [0, 0.05) is 32.9 Å². The van der Waals surface area contributed by atoms with Crippen LogP contribution in [0.25, 0.3) is 5.57 Å². The topological polar surface area (TPSA) is 26.7 Å². The predicted octanol–water partition coefficient (Wildman–Crippen LogP) is 7.46.